The number of benzene rings is 2. The van der Waals surface area contributed by atoms with Crippen molar-refractivity contribution in [2.45, 2.75) is 38.9 Å². The number of rotatable bonds is 2. The van der Waals surface area contributed by atoms with Gasteiger partial charge in [-0.25, -0.2) is 0 Å². The van der Waals surface area contributed by atoms with Crippen LogP contribution >= 0.6 is 0 Å². The first kappa shape index (κ1) is 14.7. The third-order valence-electron chi connectivity index (χ3n) is 5.63. The Labute approximate surface area is 140 Å². The van der Waals surface area contributed by atoms with Crippen molar-refractivity contribution in [3.8, 4) is 0 Å². The predicted molar refractivity (Wildman–Crippen MR) is 104 cm³/mol. The molecule has 2 aromatic rings. The zero-order chi connectivity index (χ0) is 16.2. The van der Waals surface area contributed by atoms with E-state index in [4.69, 9.17) is 0 Å². The lowest BCUT2D eigenvalue weighted by molar-refractivity contribution is 1.08. The van der Waals surface area contributed by atoms with Gasteiger partial charge in [-0.15, -0.1) is 0 Å². The highest BCUT2D eigenvalue weighted by molar-refractivity contribution is 6.92. The second-order valence-electron chi connectivity index (χ2n) is 7.71. The predicted octanol–water partition coefficient (Wildman–Crippen LogP) is 5.30. The van der Waals surface area contributed by atoms with Crippen LogP contribution in [0.4, 0.5) is 0 Å². The molecule has 0 amide bonds. The molecule has 1 heteroatoms. The number of fused-ring (bicyclic) bond motifs is 2. The van der Waals surface area contributed by atoms with Crippen LogP contribution in [-0.2, 0) is 6.42 Å². The fourth-order valence-electron chi connectivity index (χ4n) is 4.73. The van der Waals surface area contributed by atoms with Crippen LogP contribution in [-0.4, -0.2) is 8.07 Å². The fourth-order valence-corrected chi connectivity index (χ4v) is 8.84. The molecule has 0 saturated carbocycles. The van der Waals surface area contributed by atoms with Crippen molar-refractivity contribution in [3.05, 3.63) is 75.9 Å². The van der Waals surface area contributed by atoms with E-state index in [1.165, 1.54) is 16.7 Å². The second-order valence-corrected chi connectivity index (χ2v) is 12.3. The highest BCUT2D eigenvalue weighted by atomic mass is 28.3. The van der Waals surface area contributed by atoms with Gasteiger partial charge in [0, 0.05) is 5.54 Å². The van der Waals surface area contributed by atoms with Crippen LogP contribution < -0.4 is 5.19 Å². The molecule has 0 aliphatic heterocycles. The minimum Gasteiger partial charge on any atom is -0.0683 e. The van der Waals surface area contributed by atoms with Crippen LogP contribution in [0.3, 0.4) is 0 Å². The summed E-state index contributed by atoms with van der Waals surface area (Å²) >= 11 is 0. The van der Waals surface area contributed by atoms with E-state index >= 15 is 0 Å². The summed E-state index contributed by atoms with van der Waals surface area (Å²) in [6.45, 7) is 9.70. The number of hydrogen-bond donors (Lipinski definition) is 0. The molecule has 0 radical (unpaired) electrons. The first-order valence-corrected chi connectivity index (χ1v) is 11.6. The Morgan fingerprint density at radius 3 is 2.43 bits per heavy atom. The average Bonchev–Trinajstić information content (AvgIpc) is 3.04. The van der Waals surface area contributed by atoms with Crippen LogP contribution in [0.25, 0.3) is 12.2 Å². The highest BCUT2D eigenvalue weighted by Crippen LogP contribution is 2.42. The second kappa shape index (κ2) is 5.07. The number of hydrogen-bond acceptors (Lipinski definition) is 0. The molecule has 1 atom stereocenters. The van der Waals surface area contributed by atoms with E-state index in [1.54, 1.807) is 21.9 Å². The van der Waals surface area contributed by atoms with Crippen molar-refractivity contribution < 1.29 is 0 Å². The molecule has 0 aromatic heterocycles. The quantitative estimate of drug-likeness (QED) is 0.659. The Hall–Kier alpha value is -1.86. The summed E-state index contributed by atoms with van der Waals surface area (Å²) in [5, 5.41) is 1.65. The summed E-state index contributed by atoms with van der Waals surface area (Å²) < 4.78 is 0. The van der Waals surface area contributed by atoms with Crippen molar-refractivity contribution in [1.29, 1.82) is 0 Å². The van der Waals surface area contributed by atoms with E-state index in [1.807, 2.05) is 0 Å². The van der Waals surface area contributed by atoms with Gasteiger partial charge in [0.2, 0.25) is 0 Å². The third kappa shape index (κ3) is 2.18. The summed E-state index contributed by atoms with van der Waals surface area (Å²) in [4.78, 5) is 0. The first-order valence-electron chi connectivity index (χ1n) is 8.55. The zero-order valence-electron chi connectivity index (χ0n) is 14.5. The molecular weight excluding hydrogens is 292 g/mol. The summed E-state index contributed by atoms with van der Waals surface area (Å²) in [5.41, 5.74) is 9.66. The maximum Gasteiger partial charge on any atom is 0.0927 e. The molecule has 1 unspecified atom stereocenters. The van der Waals surface area contributed by atoms with Gasteiger partial charge in [0.05, 0.1) is 8.07 Å². The summed E-state index contributed by atoms with van der Waals surface area (Å²) in [6.07, 6.45) is 5.91. The van der Waals surface area contributed by atoms with Gasteiger partial charge in [-0.2, -0.15) is 0 Å². The van der Waals surface area contributed by atoms with Gasteiger partial charge in [0.15, 0.2) is 0 Å². The standard InChI is InChI=1S/C22H24Si/c1-15-12-17-9-7-11-21(20(17)13-15)23(3,4)22-16(2)14-18-8-5-6-10-19(18)22/h5-12,14,22H,13H2,1-4H3. The summed E-state index contributed by atoms with van der Waals surface area (Å²) in [7, 11) is -1.65. The van der Waals surface area contributed by atoms with Crippen LogP contribution in [0.1, 0.15) is 41.6 Å². The Bertz CT molecular complexity index is 852. The molecule has 0 fully saturated rings. The molecule has 0 nitrogen and oxygen atoms in total. The Morgan fingerprint density at radius 1 is 0.870 bits per heavy atom. The van der Waals surface area contributed by atoms with Crippen molar-refractivity contribution >= 4 is 25.4 Å². The molecule has 4 rings (SSSR count). The molecular formula is C22H24Si. The Kier molecular flexibility index (Phi) is 3.24. The molecule has 0 N–H and O–H groups in total. The lowest BCUT2D eigenvalue weighted by atomic mass is 10.1. The van der Waals surface area contributed by atoms with E-state index in [-0.39, 0.29) is 0 Å². The van der Waals surface area contributed by atoms with E-state index in [9.17, 15) is 0 Å². The molecule has 0 spiro atoms. The maximum absolute atomic E-state index is 2.56. The van der Waals surface area contributed by atoms with Crippen LogP contribution in [0.5, 0.6) is 0 Å². The van der Waals surface area contributed by atoms with Gasteiger partial charge in [-0.3, -0.25) is 0 Å². The SMILES string of the molecule is CC1=Cc2cccc([Si](C)(C)C3C(C)=Cc4ccccc43)c2C1. The largest absolute Gasteiger partial charge is 0.0927 e. The monoisotopic (exact) mass is 316 g/mol. The van der Waals surface area contributed by atoms with Gasteiger partial charge in [0.1, 0.15) is 0 Å². The fraction of sp³-hybridized carbons (Fsp3) is 0.273. The molecule has 2 aliphatic rings. The molecule has 0 heterocycles. The average molecular weight is 317 g/mol. The van der Waals surface area contributed by atoms with Crippen molar-refractivity contribution in [2.24, 2.45) is 0 Å². The highest BCUT2D eigenvalue weighted by Gasteiger charge is 2.40. The molecule has 23 heavy (non-hydrogen) atoms. The van der Waals surface area contributed by atoms with Crippen molar-refractivity contribution in [3.63, 3.8) is 0 Å². The lowest BCUT2D eigenvalue weighted by Crippen LogP contribution is -2.49. The smallest absolute Gasteiger partial charge is 0.0683 e. The lowest BCUT2D eigenvalue weighted by Gasteiger charge is -2.34. The van der Waals surface area contributed by atoms with Gasteiger partial charge in [-0.05, 0) is 42.5 Å². The first-order chi connectivity index (χ1) is 11.0. The van der Waals surface area contributed by atoms with Crippen LogP contribution in [0.15, 0.2) is 53.6 Å². The molecule has 0 saturated heterocycles. The Morgan fingerprint density at radius 2 is 1.61 bits per heavy atom. The van der Waals surface area contributed by atoms with Crippen molar-refractivity contribution in [2.75, 3.05) is 0 Å². The topological polar surface area (TPSA) is 0 Å². The maximum atomic E-state index is 2.56. The minimum absolute atomic E-state index is 0.603. The summed E-state index contributed by atoms with van der Waals surface area (Å²) in [6, 6.07) is 15.9. The zero-order valence-corrected chi connectivity index (χ0v) is 15.5. The summed E-state index contributed by atoms with van der Waals surface area (Å²) in [5.74, 6) is 0. The van der Waals surface area contributed by atoms with Gasteiger partial charge < -0.3 is 0 Å². The molecule has 2 aliphatic carbocycles. The number of allylic oxidation sites excluding steroid dienone is 2. The third-order valence-corrected chi connectivity index (χ3v) is 9.70. The van der Waals surface area contributed by atoms with Crippen molar-refractivity contribution in [1.82, 2.24) is 0 Å². The molecule has 116 valence electrons. The van der Waals surface area contributed by atoms with E-state index < -0.39 is 8.07 Å². The van der Waals surface area contributed by atoms with Gasteiger partial charge in [0.25, 0.3) is 0 Å². The Balaban J connectivity index is 1.85. The van der Waals surface area contributed by atoms with Crippen LogP contribution in [0, 0.1) is 0 Å². The van der Waals surface area contributed by atoms with E-state index in [0.717, 1.165) is 6.42 Å². The van der Waals surface area contributed by atoms with E-state index in [2.05, 4.69) is 81.6 Å². The minimum atomic E-state index is -1.65. The normalized spacial score (nSPS) is 19.2. The van der Waals surface area contributed by atoms with E-state index in [0.29, 0.717) is 5.54 Å². The van der Waals surface area contributed by atoms with Gasteiger partial charge in [-0.1, -0.05) is 84.0 Å². The van der Waals surface area contributed by atoms with Gasteiger partial charge >= 0.3 is 0 Å². The molecule has 2 aromatic carbocycles. The molecule has 0 bridgehead atoms. The van der Waals surface area contributed by atoms with Crippen LogP contribution in [0.2, 0.25) is 13.1 Å².